The lowest BCUT2D eigenvalue weighted by molar-refractivity contribution is 0.301. The van der Waals surface area contributed by atoms with E-state index in [4.69, 9.17) is 22.1 Å². The fourth-order valence-electron chi connectivity index (χ4n) is 1.88. The van der Waals surface area contributed by atoms with Gasteiger partial charge in [-0.25, -0.2) is 0 Å². The summed E-state index contributed by atoms with van der Waals surface area (Å²) in [6, 6.07) is 13.7. The van der Waals surface area contributed by atoms with Gasteiger partial charge in [-0.1, -0.05) is 35.9 Å². The largest absolute Gasteiger partial charge is 0.489 e. The molecule has 0 fully saturated rings. The molecule has 0 aliphatic heterocycles. The number of halogens is 1. The number of benzene rings is 2. The Balaban J connectivity index is 2.14. The van der Waals surface area contributed by atoms with Crippen LogP contribution in [0.4, 0.5) is 0 Å². The summed E-state index contributed by atoms with van der Waals surface area (Å²) in [4.78, 5) is 0. The summed E-state index contributed by atoms with van der Waals surface area (Å²) >= 11 is 5.86. The maximum absolute atomic E-state index is 5.96. The van der Waals surface area contributed by atoms with Crippen LogP contribution in [0.25, 0.3) is 0 Å². The van der Waals surface area contributed by atoms with E-state index in [1.807, 2.05) is 56.3 Å². The molecule has 2 rings (SSSR count). The maximum Gasteiger partial charge on any atom is 0.124 e. The zero-order chi connectivity index (χ0) is 13.8. The summed E-state index contributed by atoms with van der Waals surface area (Å²) in [5, 5.41) is 0.732. The standard InChI is InChI=1S/C16H18ClNO/c1-11-3-8-15(12(2)18)16(9-11)19-10-13-4-6-14(17)7-5-13/h3-9,12H,10,18H2,1-2H3/t12-/m0/s1. The third-order valence-corrected chi connectivity index (χ3v) is 3.22. The smallest absolute Gasteiger partial charge is 0.124 e. The molecule has 0 bridgehead atoms. The van der Waals surface area contributed by atoms with E-state index in [2.05, 4.69) is 0 Å². The molecule has 0 heterocycles. The third kappa shape index (κ3) is 3.72. The number of aryl methyl sites for hydroxylation is 1. The third-order valence-electron chi connectivity index (χ3n) is 2.97. The van der Waals surface area contributed by atoms with Crippen molar-refractivity contribution in [2.45, 2.75) is 26.5 Å². The number of hydrogen-bond acceptors (Lipinski definition) is 2. The van der Waals surface area contributed by atoms with Crippen molar-refractivity contribution in [3.05, 3.63) is 64.2 Å². The summed E-state index contributed by atoms with van der Waals surface area (Å²) in [7, 11) is 0. The van der Waals surface area contributed by atoms with E-state index < -0.39 is 0 Å². The van der Waals surface area contributed by atoms with E-state index >= 15 is 0 Å². The first-order valence-corrected chi connectivity index (χ1v) is 6.67. The average Bonchev–Trinajstić information content (AvgIpc) is 2.38. The van der Waals surface area contributed by atoms with Gasteiger partial charge in [-0.05, 0) is 43.2 Å². The van der Waals surface area contributed by atoms with Gasteiger partial charge >= 0.3 is 0 Å². The number of hydrogen-bond donors (Lipinski definition) is 1. The predicted octanol–water partition coefficient (Wildman–Crippen LogP) is 4.25. The van der Waals surface area contributed by atoms with Gasteiger partial charge in [-0.15, -0.1) is 0 Å². The fourth-order valence-corrected chi connectivity index (χ4v) is 2.01. The second-order valence-corrected chi connectivity index (χ2v) is 5.18. The SMILES string of the molecule is Cc1ccc([C@H](C)N)c(OCc2ccc(Cl)cc2)c1. The highest BCUT2D eigenvalue weighted by atomic mass is 35.5. The first-order valence-electron chi connectivity index (χ1n) is 6.29. The van der Waals surface area contributed by atoms with Crippen LogP contribution in [-0.2, 0) is 6.61 Å². The van der Waals surface area contributed by atoms with E-state index in [1.54, 1.807) is 0 Å². The first-order chi connectivity index (χ1) is 9.06. The second kappa shape index (κ2) is 6.09. The Kier molecular flexibility index (Phi) is 4.46. The highest BCUT2D eigenvalue weighted by Crippen LogP contribution is 2.26. The van der Waals surface area contributed by atoms with Gasteiger partial charge in [0.2, 0.25) is 0 Å². The molecule has 0 saturated carbocycles. The van der Waals surface area contributed by atoms with E-state index in [1.165, 1.54) is 0 Å². The van der Waals surface area contributed by atoms with Crippen LogP contribution in [0.1, 0.15) is 29.7 Å². The van der Waals surface area contributed by atoms with Crippen LogP contribution < -0.4 is 10.5 Å². The lowest BCUT2D eigenvalue weighted by Crippen LogP contribution is -2.08. The molecule has 2 aromatic carbocycles. The summed E-state index contributed by atoms with van der Waals surface area (Å²) in [6.45, 7) is 4.51. The van der Waals surface area contributed by atoms with E-state index in [-0.39, 0.29) is 6.04 Å². The van der Waals surface area contributed by atoms with Crippen molar-refractivity contribution in [3.8, 4) is 5.75 Å². The summed E-state index contributed by atoms with van der Waals surface area (Å²) in [5.74, 6) is 0.852. The Labute approximate surface area is 119 Å². The van der Waals surface area contributed by atoms with Gasteiger partial charge < -0.3 is 10.5 Å². The van der Waals surface area contributed by atoms with Crippen LogP contribution in [-0.4, -0.2) is 0 Å². The quantitative estimate of drug-likeness (QED) is 0.905. The van der Waals surface area contributed by atoms with Crippen LogP contribution in [0.5, 0.6) is 5.75 Å². The van der Waals surface area contributed by atoms with Gasteiger partial charge in [-0.2, -0.15) is 0 Å². The van der Waals surface area contributed by atoms with Crippen molar-refractivity contribution in [2.75, 3.05) is 0 Å². The Bertz CT molecular complexity index is 549. The minimum atomic E-state index is -0.0409. The Morgan fingerprint density at radius 1 is 1.16 bits per heavy atom. The van der Waals surface area contributed by atoms with Gasteiger partial charge in [0.1, 0.15) is 12.4 Å². The Morgan fingerprint density at radius 3 is 2.47 bits per heavy atom. The molecule has 3 heteroatoms. The maximum atomic E-state index is 5.96. The first kappa shape index (κ1) is 13.9. The van der Waals surface area contributed by atoms with Gasteiger partial charge in [0.25, 0.3) is 0 Å². The molecule has 0 radical (unpaired) electrons. The molecule has 2 N–H and O–H groups in total. The molecule has 0 aliphatic rings. The highest BCUT2D eigenvalue weighted by molar-refractivity contribution is 6.30. The molecule has 2 aromatic rings. The molecule has 0 aromatic heterocycles. The van der Waals surface area contributed by atoms with Gasteiger partial charge in [0.05, 0.1) is 0 Å². The van der Waals surface area contributed by atoms with Crippen molar-refractivity contribution in [2.24, 2.45) is 5.73 Å². The van der Waals surface area contributed by atoms with E-state index in [0.717, 1.165) is 27.5 Å². The number of nitrogens with two attached hydrogens (primary N) is 1. The van der Waals surface area contributed by atoms with E-state index in [9.17, 15) is 0 Å². The molecular weight excluding hydrogens is 258 g/mol. The van der Waals surface area contributed by atoms with Crippen molar-refractivity contribution >= 4 is 11.6 Å². The molecule has 2 nitrogen and oxygen atoms in total. The Morgan fingerprint density at radius 2 is 1.84 bits per heavy atom. The minimum absolute atomic E-state index is 0.0409. The van der Waals surface area contributed by atoms with Crippen LogP contribution >= 0.6 is 11.6 Å². The van der Waals surface area contributed by atoms with Crippen LogP contribution in [0.15, 0.2) is 42.5 Å². The lowest BCUT2D eigenvalue weighted by atomic mass is 10.1. The molecule has 0 saturated heterocycles. The molecule has 0 spiro atoms. The fraction of sp³-hybridized carbons (Fsp3) is 0.250. The number of ether oxygens (including phenoxy) is 1. The van der Waals surface area contributed by atoms with Gasteiger partial charge in [0.15, 0.2) is 0 Å². The van der Waals surface area contributed by atoms with Crippen molar-refractivity contribution in [1.29, 1.82) is 0 Å². The molecule has 1 atom stereocenters. The van der Waals surface area contributed by atoms with Crippen molar-refractivity contribution in [3.63, 3.8) is 0 Å². The zero-order valence-electron chi connectivity index (χ0n) is 11.2. The molecule has 0 amide bonds. The average molecular weight is 276 g/mol. The number of rotatable bonds is 4. The molecule has 0 unspecified atom stereocenters. The zero-order valence-corrected chi connectivity index (χ0v) is 11.9. The molecule has 0 aliphatic carbocycles. The van der Waals surface area contributed by atoms with Crippen LogP contribution in [0.2, 0.25) is 5.02 Å². The normalized spacial score (nSPS) is 12.2. The van der Waals surface area contributed by atoms with Crippen LogP contribution in [0, 0.1) is 6.92 Å². The lowest BCUT2D eigenvalue weighted by Gasteiger charge is -2.15. The van der Waals surface area contributed by atoms with Gasteiger partial charge in [0, 0.05) is 16.6 Å². The summed E-state index contributed by atoms with van der Waals surface area (Å²) < 4.78 is 5.88. The van der Waals surface area contributed by atoms with Crippen molar-refractivity contribution in [1.82, 2.24) is 0 Å². The molecular formula is C16H18ClNO. The summed E-state index contributed by atoms with van der Waals surface area (Å²) in [5.41, 5.74) is 9.23. The van der Waals surface area contributed by atoms with Crippen LogP contribution in [0.3, 0.4) is 0 Å². The van der Waals surface area contributed by atoms with Crippen molar-refractivity contribution < 1.29 is 4.74 Å². The van der Waals surface area contributed by atoms with Gasteiger partial charge in [-0.3, -0.25) is 0 Å². The van der Waals surface area contributed by atoms with E-state index in [0.29, 0.717) is 6.61 Å². The molecule has 100 valence electrons. The predicted molar refractivity (Wildman–Crippen MR) is 79.6 cm³/mol. The molecule has 19 heavy (non-hydrogen) atoms. The monoisotopic (exact) mass is 275 g/mol. The summed E-state index contributed by atoms with van der Waals surface area (Å²) in [6.07, 6.45) is 0. The minimum Gasteiger partial charge on any atom is -0.489 e. The Hall–Kier alpha value is -1.51. The highest BCUT2D eigenvalue weighted by Gasteiger charge is 2.08. The second-order valence-electron chi connectivity index (χ2n) is 4.75. The topological polar surface area (TPSA) is 35.2 Å².